The number of hydrogen-bond donors (Lipinski definition) is 2. The van der Waals surface area contributed by atoms with E-state index in [2.05, 4.69) is 0 Å². The first-order valence-electron chi connectivity index (χ1n) is 6.96. The van der Waals surface area contributed by atoms with E-state index in [4.69, 9.17) is 16.2 Å². The summed E-state index contributed by atoms with van der Waals surface area (Å²) in [5, 5.41) is 0. The van der Waals surface area contributed by atoms with Gasteiger partial charge in [0.1, 0.15) is 6.04 Å². The van der Waals surface area contributed by atoms with Crippen LogP contribution in [0.2, 0.25) is 0 Å². The standard InChI is InChI=1S/C15H21N3O3/c1-21-9-13(16)15(20)18(12-6-7-12)8-10-2-4-11(5-3-10)14(17)19/h2-5,12-13H,6-9,16H2,1H3,(H2,17,19). The molecule has 6 nitrogen and oxygen atoms in total. The summed E-state index contributed by atoms with van der Waals surface area (Å²) < 4.78 is 4.94. The second kappa shape index (κ2) is 6.69. The topological polar surface area (TPSA) is 98.7 Å². The number of primary amides is 1. The van der Waals surface area contributed by atoms with E-state index >= 15 is 0 Å². The normalized spacial score (nSPS) is 15.5. The van der Waals surface area contributed by atoms with Crippen LogP contribution in [0.3, 0.4) is 0 Å². The molecule has 1 fully saturated rings. The maximum Gasteiger partial charge on any atom is 0.248 e. The number of hydrogen-bond acceptors (Lipinski definition) is 4. The van der Waals surface area contributed by atoms with E-state index < -0.39 is 11.9 Å². The molecule has 0 aromatic heterocycles. The zero-order valence-corrected chi connectivity index (χ0v) is 12.1. The molecular formula is C15H21N3O3. The molecule has 4 N–H and O–H groups in total. The molecule has 6 heteroatoms. The van der Waals surface area contributed by atoms with E-state index in [-0.39, 0.29) is 18.6 Å². The van der Waals surface area contributed by atoms with Crippen molar-refractivity contribution in [3.8, 4) is 0 Å². The van der Waals surface area contributed by atoms with Crippen molar-refractivity contribution in [3.63, 3.8) is 0 Å². The Bertz CT molecular complexity index is 511. The van der Waals surface area contributed by atoms with Gasteiger partial charge >= 0.3 is 0 Å². The van der Waals surface area contributed by atoms with Crippen molar-refractivity contribution in [2.24, 2.45) is 11.5 Å². The van der Waals surface area contributed by atoms with Gasteiger partial charge < -0.3 is 21.1 Å². The maximum atomic E-state index is 12.3. The zero-order chi connectivity index (χ0) is 15.4. The van der Waals surface area contributed by atoms with E-state index in [0.29, 0.717) is 12.1 Å². The summed E-state index contributed by atoms with van der Waals surface area (Å²) in [7, 11) is 1.52. The molecule has 2 amide bonds. The van der Waals surface area contributed by atoms with Gasteiger partial charge in [0.2, 0.25) is 11.8 Å². The number of nitrogens with zero attached hydrogens (tertiary/aromatic N) is 1. The third kappa shape index (κ3) is 4.03. The first kappa shape index (κ1) is 15.5. The molecule has 1 aromatic carbocycles. The fraction of sp³-hybridized carbons (Fsp3) is 0.467. The number of rotatable bonds is 7. The Morgan fingerprint density at radius 3 is 2.43 bits per heavy atom. The van der Waals surface area contributed by atoms with Crippen LogP contribution in [0.5, 0.6) is 0 Å². The van der Waals surface area contributed by atoms with Gasteiger partial charge in [-0.25, -0.2) is 0 Å². The van der Waals surface area contributed by atoms with Gasteiger partial charge in [0.15, 0.2) is 0 Å². The Kier molecular flexibility index (Phi) is 4.93. The first-order valence-corrected chi connectivity index (χ1v) is 6.96. The Hall–Kier alpha value is -1.92. The highest BCUT2D eigenvalue weighted by Gasteiger charge is 2.34. The predicted octanol–water partition coefficient (Wildman–Crippen LogP) is 0.250. The molecule has 21 heavy (non-hydrogen) atoms. The molecule has 114 valence electrons. The number of methoxy groups -OCH3 is 1. The van der Waals surface area contributed by atoms with Crippen molar-refractivity contribution >= 4 is 11.8 Å². The zero-order valence-electron chi connectivity index (χ0n) is 12.1. The number of amides is 2. The molecule has 1 unspecified atom stereocenters. The van der Waals surface area contributed by atoms with E-state index in [1.165, 1.54) is 7.11 Å². The average Bonchev–Trinajstić information content (AvgIpc) is 3.29. The van der Waals surface area contributed by atoms with Crippen molar-refractivity contribution in [1.29, 1.82) is 0 Å². The number of ether oxygens (including phenoxy) is 1. The SMILES string of the molecule is COCC(N)C(=O)N(Cc1ccc(C(N)=O)cc1)C1CC1. The molecule has 1 aliphatic carbocycles. The van der Waals surface area contributed by atoms with Crippen LogP contribution in [0.4, 0.5) is 0 Å². The first-order chi connectivity index (χ1) is 10.0. The average molecular weight is 291 g/mol. The lowest BCUT2D eigenvalue weighted by Crippen LogP contribution is -2.46. The van der Waals surface area contributed by atoms with Crippen molar-refractivity contribution in [2.75, 3.05) is 13.7 Å². The monoisotopic (exact) mass is 291 g/mol. The minimum Gasteiger partial charge on any atom is -0.383 e. The summed E-state index contributed by atoms with van der Waals surface area (Å²) in [5.41, 5.74) is 12.5. The summed E-state index contributed by atoms with van der Waals surface area (Å²) in [4.78, 5) is 25.2. The fourth-order valence-corrected chi connectivity index (χ4v) is 2.21. The summed E-state index contributed by atoms with van der Waals surface area (Å²) >= 11 is 0. The smallest absolute Gasteiger partial charge is 0.248 e. The van der Waals surface area contributed by atoms with E-state index in [1.54, 1.807) is 17.0 Å². The molecule has 2 rings (SSSR count). The number of carbonyl (C=O) groups excluding carboxylic acids is 2. The molecule has 1 aliphatic rings. The van der Waals surface area contributed by atoms with Gasteiger partial charge in [-0.2, -0.15) is 0 Å². The van der Waals surface area contributed by atoms with Gasteiger partial charge in [0, 0.05) is 25.3 Å². The second-order valence-electron chi connectivity index (χ2n) is 5.32. The molecular weight excluding hydrogens is 270 g/mol. The van der Waals surface area contributed by atoms with Crippen LogP contribution in [-0.2, 0) is 16.1 Å². The van der Waals surface area contributed by atoms with Crippen LogP contribution in [0.15, 0.2) is 24.3 Å². The molecule has 0 saturated heterocycles. The second-order valence-corrected chi connectivity index (χ2v) is 5.32. The van der Waals surface area contributed by atoms with Crippen molar-refractivity contribution in [3.05, 3.63) is 35.4 Å². The maximum absolute atomic E-state index is 12.3. The van der Waals surface area contributed by atoms with E-state index in [9.17, 15) is 9.59 Å². The highest BCUT2D eigenvalue weighted by molar-refractivity contribution is 5.92. The minimum atomic E-state index is -0.638. The molecule has 0 aliphatic heterocycles. The van der Waals surface area contributed by atoms with E-state index in [0.717, 1.165) is 18.4 Å². The molecule has 1 aromatic rings. The lowest BCUT2D eigenvalue weighted by atomic mass is 10.1. The van der Waals surface area contributed by atoms with Crippen LogP contribution in [-0.4, -0.2) is 42.5 Å². The summed E-state index contributed by atoms with van der Waals surface area (Å²) in [6.45, 7) is 0.697. The Balaban J connectivity index is 2.06. The van der Waals surface area contributed by atoms with Gasteiger partial charge in [0.25, 0.3) is 0 Å². The Morgan fingerprint density at radius 1 is 1.33 bits per heavy atom. The van der Waals surface area contributed by atoms with Gasteiger partial charge in [-0.1, -0.05) is 12.1 Å². The van der Waals surface area contributed by atoms with Gasteiger partial charge in [-0.3, -0.25) is 9.59 Å². The third-order valence-electron chi connectivity index (χ3n) is 3.53. The molecule has 0 bridgehead atoms. The van der Waals surface area contributed by atoms with Crippen LogP contribution >= 0.6 is 0 Å². The highest BCUT2D eigenvalue weighted by atomic mass is 16.5. The van der Waals surface area contributed by atoms with Gasteiger partial charge in [0.05, 0.1) is 6.61 Å². The minimum absolute atomic E-state index is 0.0988. The van der Waals surface area contributed by atoms with Crippen molar-refractivity contribution in [2.45, 2.75) is 31.5 Å². The van der Waals surface area contributed by atoms with Crippen LogP contribution in [0, 0.1) is 0 Å². The van der Waals surface area contributed by atoms with E-state index in [1.807, 2.05) is 12.1 Å². The highest BCUT2D eigenvalue weighted by Crippen LogP contribution is 2.29. The fourth-order valence-electron chi connectivity index (χ4n) is 2.21. The largest absolute Gasteiger partial charge is 0.383 e. The summed E-state index contributed by atoms with van der Waals surface area (Å²) in [5.74, 6) is -0.558. The van der Waals surface area contributed by atoms with Crippen molar-refractivity contribution < 1.29 is 14.3 Å². The molecule has 1 saturated carbocycles. The van der Waals surface area contributed by atoms with Gasteiger partial charge in [-0.05, 0) is 30.5 Å². The Labute approximate surface area is 124 Å². The number of benzene rings is 1. The quantitative estimate of drug-likeness (QED) is 0.752. The van der Waals surface area contributed by atoms with Gasteiger partial charge in [-0.15, -0.1) is 0 Å². The Morgan fingerprint density at radius 2 is 1.95 bits per heavy atom. The number of carbonyl (C=O) groups is 2. The summed E-state index contributed by atoms with van der Waals surface area (Å²) in [6, 6.07) is 6.58. The molecule has 1 atom stereocenters. The molecule has 0 spiro atoms. The summed E-state index contributed by atoms with van der Waals surface area (Å²) in [6.07, 6.45) is 2.01. The van der Waals surface area contributed by atoms with Crippen LogP contribution in [0.1, 0.15) is 28.8 Å². The third-order valence-corrected chi connectivity index (χ3v) is 3.53. The number of nitrogens with two attached hydrogens (primary N) is 2. The molecule has 0 heterocycles. The van der Waals surface area contributed by atoms with Crippen molar-refractivity contribution in [1.82, 2.24) is 4.90 Å². The predicted molar refractivity (Wildman–Crippen MR) is 78.4 cm³/mol. The molecule has 0 radical (unpaired) electrons. The van der Waals surface area contributed by atoms with Crippen LogP contribution in [0.25, 0.3) is 0 Å². The lowest BCUT2D eigenvalue weighted by Gasteiger charge is -2.25. The van der Waals surface area contributed by atoms with Crippen LogP contribution < -0.4 is 11.5 Å². The lowest BCUT2D eigenvalue weighted by molar-refractivity contribution is -0.135.